The van der Waals surface area contributed by atoms with E-state index in [2.05, 4.69) is 11.9 Å². The molecule has 0 spiro atoms. The van der Waals surface area contributed by atoms with E-state index in [0.29, 0.717) is 19.0 Å². The van der Waals surface area contributed by atoms with Gasteiger partial charge in [0, 0.05) is 23.6 Å². The molecule has 18 heavy (non-hydrogen) atoms. The van der Waals surface area contributed by atoms with Crippen LogP contribution < -0.4 is 5.32 Å². The van der Waals surface area contributed by atoms with Gasteiger partial charge in [-0.25, -0.2) is 8.78 Å². The van der Waals surface area contributed by atoms with E-state index in [4.69, 9.17) is 0 Å². The van der Waals surface area contributed by atoms with Gasteiger partial charge in [-0.05, 0) is 31.4 Å². The highest BCUT2D eigenvalue weighted by molar-refractivity contribution is 5.22. The van der Waals surface area contributed by atoms with Crippen molar-refractivity contribution in [3.63, 3.8) is 0 Å². The molecule has 1 aliphatic rings. The minimum atomic E-state index is -0.477. The summed E-state index contributed by atoms with van der Waals surface area (Å²) in [6, 6.07) is 4.57. The van der Waals surface area contributed by atoms with Gasteiger partial charge in [-0.15, -0.1) is 6.58 Å². The molecular weight excluding hydrogens is 232 g/mol. The minimum Gasteiger partial charge on any atom is -0.313 e. The highest BCUT2D eigenvalue weighted by Crippen LogP contribution is 2.28. The van der Waals surface area contributed by atoms with Crippen LogP contribution in [0.15, 0.2) is 30.9 Å². The van der Waals surface area contributed by atoms with Gasteiger partial charge in [0.05, 0.1) is 0 Å². The number of benzene rings is 1. The van der Waals surface area contributed by atoms with Crippen LogP contribution in [0, 0.1) is 17.0 Å². The summed E-state index contributed by atoms with van der Waals surface area (Å²) in [5.41, 5.74) is -0.177. The molecule has 1 atom stereocenters. The van der Waals surface area contributed by atoms with Crippen LogP contribution >= 0.6 is 0 Å². The van der Waals surface area contributed by atoms with Gasteiger partial charge in [-0.1, -0.05) is 19.1 Å². The van der Waals surface area contributed by atoms with Gasteiger partial charge >= 0.3 is 0 Å². The van der Waals surface area contributed by atoms with Gasteiger partial charge < -0.3 is 5.32 Å². The van der Waals surface area contributed by atoms with Crippen LogP contribution in [0.2, 0.25) is 0 Å². The Morgan fingerprint density at radius 3 is 2.50 bits per heavy atom. The molecule has 98 valence electrons. The lowest BCUT2D eigenvalue weighted by Crippen LogP contribution is -2.33. The highest BCUT2D eigenvalue weighted by Gasteiger charge is 2.28. The monoisotopic (exact) mass is 251 g/mol. The van der Waals surface area contributed by atoms with Crippen LogP contribution in [0.4, 0.5) is 8.78 Å². The molecule has 0 amide bonds. The molecule has 0 heterocycles. The minimum absolute atomic E-state index is 0.150. The summed E-state index contributed by atoms with van der Waals surface area (Å²) in [4.78, 5) is 0. The molecule has 2 rings (SSSR count). The Hall–Kier alpha value is -1.22. The Bertz CT molecular complexity index is 420. The summed E-state index contributed by atoms with van der Waals surface area (Å²) in [6.45, 7) is 6.48. The van der Waals surface area contributed by atoms with Crippen LogP contribution in [-0.4, -0.2) is 12.6 Å². The Balaban J connectivity index is 2.10. The summed E-state index contributed by atoms with van der Waals surface area (Å²) < 4.78 is 27.3. The largest absolute Gasteiger partial charge is 0.313 e. The number of nitrogens with one attached hydrogen (secondary N) is 1. The lowest BCUT2D eigenvalue weighted by Gasteiger charge is -2.26. The quantitative estimate of drug-likeness (QED) is 0.764. The van der Waals surface area contributed by atoms with Gasteiger partial charge in [0.2, 0.25) is 0 Å². The average molecular weight is 251 g/mol. The maximum Gasteiger partial charge on any atom is 0.129 e. The van der Waals surface area contributed by atoms with Crippen molar-refractivity contribution in [3.05, 3.63) is 48.1 Å². The van der Waals surface area contributed by atoms with Crippen LogP contribution in [0.3, 0.4) is 0 Å². The molecule has 0 aromatic heterocycles. The van der Waals surface area contributed by atoms with Crippen molar-refractivity contribution in [2.24, 2.45) is 5.41 Å². The number of rotatable bonds is 6. The van der Waals surface area contributed by atoms with E-state index in [9.17, 15) is 8.78 Å². The van der Waals surface area contributed by atoms with E-state index in [1.807, 2.05) is 6.92 Å². The van der Waals surface area contributed by atoms with Gasteiger partial charge in [-0.2, -0.15) is 0 Å². The Morgan fingerprint density at radius 2 is 2.00 bits per heavy atom. The fraction of sp³-hybridized carbons (Fsp3) is 0.467. The molecule has 1 aromatic carbocycles. The van der Waals surface area contributed by atoms with E-state index in [1.54, 1.807) is 6.08 Å². The SMILES string of the molecule is C=CC(C)(CNC1CC1)Cc1c(F)cccc1F. The van der Waals surface area contributed by atoms with Crippen molar-refractivity contribution >= 4 is 0 Å². The molecule has 1 N–H and O–H groups in total. The van der Waals surface area contributed by atoms with E-state index in [0.717, 1.165) is 0 Å². The number of hydrogen-bond acceptors (Lipinski definition) is 1. The first-order valence-corrected chi connectivity index (χ1v) is 6.34. The van der Waals surface area contributed by atoms with E-state index < -0.39 is 11.6 Å². The van der Waals surface area contributed by atoms with Crippen molar-refractivity contribution in [2.75, 3.05) is 6.54 Å². The van der Waals surface area contributed by atoms with E-state index >= 15 is 0 Å². The van der Waals surface area contributed by atoms with Crippen LogP contribution in [-0.2, 0) is 6.42 Å². The lowest BCUT2D eigenvalue weighted by atomic mass is 9.83. The second kappa shape index (κ2) is 5.19. The normalized spacial score (nSPS) is 18.4. The molecule has 1 aromatic rings. The summed E-state index contributed by atoms with van der Waals surface area (Å²) in [5, 5.41) is 3.39. The fourth-order valence-corrected chi connectivity index (χ4v) is 1.98. The lowest BCUT2D eigenvalue weighted by molar-refractivity contribution is 0.375. The standard InChI is InChI=1S/C15H19F2N/c1-3-15(2,10-18-11-7-8-11)9-12-13(16)5-4-6-14(12)17/h3-6,11,18H,1,7-10H2,2H3. The molecule has 1 saturated carbocycles. The Labute approximate surface area is 107 Å². The third-order valence-corrected chi connectivity index (χ3v) is 3.51. The van der Waals surface area contributed by atoms with Crippen molar-refractivity contribution < 1.29 is 8.78 Å². The third-order valence-electron chi connectivity index (χ3n) is 3.51. The maximum atomic E-state index is 13.6. The zero-order valence-corrected chi connectivity index (χ0v) is 10.7. The zero-order valence-electron chi connectivity index (χ0n) is 10.7. The number of hydrogen-bond donors (Lipinski definition) is 1. The summed E-state index contributed by atoms with van der Waals surface area (Å²) >= 11 is 0. The molecule has 3 heteroatoms. The molecule has 1 aliphatic carbocycles. The first-order valence-electron chi connectivity index (χ1n) is 6.34. The predicted molar refractivity (Wildman–Crippen MR) is 69.4 cm³/mol. The second-order valence-electron chi connectivity index (χ2n) is 5.39. The molecule has 1 fully saturated rings. The highest BCUT2D eigenvalue weighted by atomic mass is 19.1. The van der Waals surface area contributed by atoms with Crippen molar-refractivity contribution in [1.82, 2.24) is 5.32 Å². The third kappa shape index (κ3) is 3.16. The molecule has 0 bridgehead atoms. The zero-order chi connectivity index (χ0) is 13.2. The predicted octanol–water partition coefficient (Wildman–Crippen LogP) is 3.45. The fourth-order valence-electron chi connectivity index (χ4n) is 1.98. The van der Waals surface area contributed by atoms with Gasteiger partial charge in [-0.3, -0.25) is 0 Å². The molecule has 1 unspecified atom stereocenters. The van der Waals surface area contributed by atoms with Gasteiger partial charge in [0.1, 0.15) is 11.6 Å². The van der Waals surface area contributed by atoms with Gasteiger partial charge in [0.25, 0.3) is 0 Å². The number of halogens is 2. The summed E-state index contributed by atoms with van der Waals surface area (Å²) in [6.07, 6.45) is 4.51. The smallest absolute Gasteiger partial charge is 0.129 e. The molecule has 0 aliphatic heterocycles. The maximum absolute atomic E-state index is 13.6. The molecule has 1 nitrogen and oxygen atoms in total. The molecule has 0 saturated heterocycles. The van der Waals surface area contributed by atoms with Crippen LogP contribution in [0.5, 0.6) is 0 Å². The summed E-state index contributed by atoms with van der Waals surface area (Å²) in [5.74, 6) is -0.955. The van der Waals surface area contributed by atoms with Gasteiger partial charge in [0.15, 0.2) is 0 Å². The first-order chi connectivity index (χ1) is 8.54. The Morgan fingerprint density at radius 1 is 1.39 bits per heavy atom. The van der Waals surface area contributed by atoms with Crippen LogP contribution in [0.1, 0.15) is 25.3 Å². The van der Waals surface area contributed by atoms with E-state index in [1.165, 1.54) is 31.0 Å². The molecule has 0 radical (unpaired) electrons. The Kier molecular flexibility index (Phi) is 3.81. The van der Waals surface area contributed by atoms with Crippen molar-refractivity contribution in [2.45, 2.75) is 32.2 Å². The van der Waals surface area contributed by atoms with Crippen molar-refractivity contribution in [3.8, 4) is 0 Å². The second-order valence-corrected chi connectivity index (χ2v) is 5.39. The molecular formula is C15H19F2N. The topological polar surface area (TPSA) is 12.0 Å². The van der Waals surface area contributed by atoms with Crippen molar-refractivity contribution in [1.29, 1.82) is 0 Å². The summed E-state index contributed by atoms with van der Waals surface area (Å²) in [7, 11) is 0. The average Bonchev–Trinajstić information content (AvgIpc) is 3.16. The van der Waals surface area contributed by atoms with E-state index in [-0.39, 0.29) is 11.0 Å². The van der Waals surface area contributed by atoms with Crippen LogP contribution in [0.25, 0.3) is 0 Å². The first kappa shape index (κ1) is 13.2.